The van der Waals surface area contributed by atoms with Gasteiger partial charge in [-0.1, -0.05) is 19.9 Å². The molecule has 0 aliphatic heterocycles. The molecular formula is C25H30ClN5O5S. The van der Waals surface area contributed by atoms with Crippen molar-refractivity contribution < 1.29 is 22.7 Å². The van der Waals surface area contributed by atoms with Crippen LogP contribution < -0.4 is 25.2 Å². The van der Waals surface area contributed by atoms with E-state index in [1.165, 1.54) is 25.2 Å². The number of ether oxygens (including phenoxy) is 2. The number of sulfonamides is 1. The van der Waals surface area contributed by atoms with Crippen LogP contribution in [0.4, 0.5) is 11.4 Å². The summed E-state index contributed by atoms with van der Waals surface area (Å²) < 4.78 is 36.4. The number of primary sulfonamides is 1. The van der Waals surface area contributed by atoms with Crippen LogP contribution in [0.2, 0.25) is 0 Å². The summed E-state index contributed by atoms with van der Waals surface area (Å²) in [6, 6.07) is 12.8. The van der Waals surface area contributed by atoms with Crippen molar-refractivity contribution in [3.05, 3.63) is 48.5 Å². The van der Waals surface area contributed by atoms with Crippen molar-refractivity contribution in [1.29, 1.82) is 0 Å². The van der Waals surface area contributed by atoms with Crippen molar-refractivity contribution in [2.24, 2.45) is 23.8 Å². The fourth-order valence-electron chi connectivity index (χ4n) is 4.16. The van der Waals surface area contributed by atoms with Crippen LogP contribution in [0.1, 0.15) is 13.8 Å². The molecule has 2 aromatic carbocycles. The van der Waals surface area contributed by atoms with Gasteiger partial charge in [-0.3, -0.25) is 9.69 Å². The molecule has 0 spiro atoms. The highest BCUT2D eigenvalue weighted by Crippen LogP contribution is 2.38. The zero-order chi connectivity index (χ0) is 26.4. The smallest absolute Gasteiger partial charge is 0.248 e. The van der Waals surface area contributed by atoms with Crippen LogP contribution in [-0.2, 0) is 21.9 Å². The number of fused-ring (bicyclic) bond motifs is 3. The highest BCUT2D eigenvalue weighted by molar-refractivity contribution is 7.89. The normalized spacial score (nSPS) is 12.4. The highest BCUT2D eigenvalue weighted by atomic mass is 35.5. The Balaban J connectivity index is 0.00000380. The molecule has 0 aliphatic rings. The molecule has 2 aromatic heterocycles. The quantitative estimate of drug-likeness (QED) is 0.360. The van der Waals surface area contributed by atoms with E-state index in [-0.39, 0.29) is 35.0 Å². The molecule has 0 aliphatic carbocycles. The molecule has 0 radical (unpaired) electrons. The fourth-order valence-corrected chi connectivity index (χ4v) is 4.70. The number of anilines is 2. The summed E-state index contributed by atoms with van der Waals surface area (Å²) in [6.07, 6.45) is 0. The number of halogens is 1. The molecule has 0 saturated heterocycles. The second-order valence-corrected chi connectivity index (χ2v) is 10.4. The third-order valence-electron chi connectivity index (χ3n) is 6.23. The Bertz CT molecular complexity index is 1590. The van der Waals surface area contributed by atoms with Crippen molar-refractivity contribution >= 4 is 61.5 Å². The van der Waals surface area contributed by atoms with Gasteiger partial charge in [-0.15, -0.1) is 12.4 Å². The van der Waals surface area contributed by atoms with Crippen molar-refractivity contribution in [2.45, 2.75) is 24.8 Å². The molecule has 198 valence electrons. The molecule has 4 rings (SSSR count). The van der Waals surface area contributed by atoms with Gasteiger partial charge in [-0.25, -0.2) is 13.6 Å². The average molecular weight is 548 g/mol. The Labute approximate surface area is 221 Å². The maximum absolute atomic E-state index is 13.7. The second-order valence-electron chi connectivity index (χ2n) is 8.81. The van der Waals surface area contributed by atoms with E-state index < -0.39 is 16.1 Å². The van der Waals surface area contributed by atoms with Crippen LogP contribution in [-0.4, -0.2) is 44.1 Å². The van der Waals surface area contributed by atoms with Crippen molar-refractivity contribution in [3.8, 4) is 11.8 Å². The van der Waals surface area contributed by atoms with Gasteiger partial charge in [0.05, 0.1) is 36.4 Å². The molecular weight excluding hydrogens is 518 g/mol. The van der Waals surface area contributed by atoms with Gasteiger partial charge in [0, 0.05) is 29.4 Å². The largest absolute Gasteiger partial charge is 0.481 e. The summed E-state index contributed by atoms with van der Waals surface area (Å²) in [5, 5.41) is 6.88. The SMILES string of the molecule is COc1ccc(N(C(=O)[C@H](N)C(C)C)c2ccc3c4cc(S(N)(=O)=O)ccc4n(C)c3c2)c(OC)n1.Cl. The third-order valence-corrected chi connectivity index (χ3v) is 7.14. The van der Waals surface area contributed by atoms with Gasteiger partial charge in [-0.2, -0.15) is 4.98 Å². The van der Waals surface area contributed by atoms with Crippen molar-refractivity contribution in [1.82, 2.24) is 9.55 Å². The number of nitrogens with zero attached hydrogens (tertiary/aromatic N) is 3. The molecule has 0 fully saturated rings. The summed E-state index contributed by atoms with van der Waals surface area (Å²) in [4.78, 5) is 19.5. The average Bonchev–Trinajstić information content (AvgIpc) is 3.14. The number of aromatic nitrogens is 2. The number of amides is 1. The molecule has 0 unspecified atom stereocenters. The maximum Gasteiger partial charge on any atom is 0.248 e. The molecule has 1 atom stereocenters. The first kappa shape index (κ1) is 28.2. The Morgan fingerprint density at radius 1 is 1.00 bits per heavy atom. The van der Waals surface area contributed by atoms with Crippen LogP contribution >= 0.6 is 12.4 Å². The van der Waals surface area contributed by atoms with Gasteiger partial charge in [-0.05, 0) is 42.3 Å². The Hall–Kier alpha value is -3.38. The number of aryl methyl sites for hydroxylation is 1. The van der Waals surface area contributed by atoms with Gasteiger partial charge in [0.15, 0.2) is 0 Å². The summed E-state index contributed by atoms with van der Waals surface area (Å²) >= 11 is 0. The first-order chi connectivity index (χ1) is 17.0. The Morgan fingerprint density at radius 2 is 1.70 bits per heavy atom. The van der Waals surface area contributed by atoms with Crippen LogP contribution in [0, 0.1) is 5.92 Å². The first-order valence-electron chi connectivity index (χ1n) is 11.2. The molecule has 4 aromatic rings. The monoisotopic (exact) mass is 547 g/mol. The van der Waals surface area contributed by atoms with E-state index in [0.29, 0.717) is 17.3 Å². The molecule has 0 bridgehead atoms. The molecule has 10 nitrogen and oxygen atoms in total. The second kappa shape index (κ2) is 10.5. The summed E-state index contributed by atoms with van der Waals surface area (Å²) in [5.41, 5.74) is 8.85. The maximum atomic E-state index is 13.7. The molecule has 0 saturated carbocycles. The number of hydrogen-bond donors (Lipinski definition) is 2. The number of hydrogen-bond acceptors (Lipinski definition) is 7. The van der Waals surface area contributed by atoms with Crippen LogP contribution in [0.5, 0.6) is 11.8 Å². The Kier molecular flexibility index (Phi) is 8.03. The Morgan fingerprint density at radius 3 is 2.30 bits per heavy atom. The molecule has 1 amide bonds. The van der Waals surface area contributed by atoms with Crippen LogP contribution in [0.15, 0.2) is 53.4 Å². The molecule has 37 heavy (non-hydrogen) atoms. The van der Waals surface area contributed by atoms with Crippen molar-refractivity contribution in [2.75, 3.05) is 19.1 Å². The van der Waals surface area contributed by atoms with Gasteiger partial charge >= 0.3 is 0 Å². The topological polar surface area (TPSA) is 143 Å². The van der Waals surface area contributed by atoms with Crippen molar-refractivity contribution in [3.63, 3.8) is 0 Å². The van der Waals surface area contributed by atoms with Gasteiger partial charge in [0.25, 0.3) is 0 Å². The van der Waals surface area contributed by atoms with Gasteiger partial charge in [0.1, 0.15) is 5.69 Å². The lowest BCUT2D eigenvalue weighted by molar-refractivity contribution is -0.120. The number of pyridine rings is 1. The van der Waals surface area contributed by atoms with Crippen LogP contribution in [0.25, 0.3) is 21.8 Å². The lowest BCUT2D eigenvalue weighted by atomic mass is 10.0. The number of nitrogens with two attached hydrogens (primary N) is 2. The zero-order valence-electron chi connectivity index (χ0n) is 21.1. The minimum Gasteiger partial charge on any atom is -0.481 e. The lowest BCUT2D eigenvalue weighted by Crippen LogP contribution is -2.44. The highest BCUT2D eigenvalue weighted by Gasteiger charge is 2.29. The van der Waals surface area contributed by atoms with Crippen LogP contribution in [0.3, 0.4) is 0 Å². The molecule has 2 heterocycles. The number of benzene rings is 2. The van der Waals surface area contributed by atoms with E-state index >= 15 is 0 Å². The fraction of sp³-hybridized carbons (Fsp3) is 0.280. The van der Waals surface area contributed by atoms with E-state index in [1.807, 2.05) is 37.6 Å². The van der Waals surface area contributed by atoms with E-state index in [1.54, 1.807) is 30.3 Å². The van der Waals surface area contributed by atoms with E-state index in [4.69, 9.17) is 20.3 Å². The first-order valence-corrected chi connectivity index (χ1v) is 12.8. The number of methoxy groups -OCH3 is 2. The predicted octanol–water partition coefficient (Wildman–Crippen LogP) is 3.46. The molecule has 4 N–H and O–H groups in total. The predicted molar refractivity (Wildman–Crippen MR) is 146 cm³/mol. The minimum atomic E-state index is -3.86. The van der Waals surface area contributed by atoms with E-state index in [0.717, 1.165) is 21.8 Å². The third kappa shape index (κ3) is 5.08. The summed E-state index contributed by atoms with van der Waals surface area (Å²) in [5.74, 6) is 0.0969. The number of carbonyl (C=O) groups is 1. The number of carbonyl (C=O) groups excluding carboxylic acids is 1. The van der Waals surface area contributed by atoms with E-state index in [2.05, 4.69) is 4.98 Å². The van der Waals surface area contributed by atoms with E-state index in [9.17, 15) is 13.2 Å². The molecule has 12 heteroatoms. The summed E-state index contributed by atoms with van der Waals surface area (Å²) in [6.45, 7) is 3.75. The van der Waals surface area contributed by atoms with Gasteiger partial charge in [0.2, 0.25) is 27.7 Å². The lowest BCUT2D eigenvalue weighted by Gasteiger charge is -2.28. The number of rotatable bonds is 7. The van der Waals surface area contributed by atoms with Gasteiger partial charge < -0.3 is 19.8 Å². The summed E-state index contributed by atoms with van der Waals surface area (Å²) in [7, 11) is 0.966. The zero-order valence-corrected chi connectivity index (χ0v) is 22.8. The standard InChI is InChI=1S/C25H29N5O5S.ClH/c1-14(2)23(26)25(31)30(20-10-11-22(34-4)28-24(20)35-5)15-6-8-17-18-13-16(36(27,32)33)7-9-19(18)29(3)21(17)12-15;/h6-14,23H,26H2,1-5H3,(H2,27,32,33);1H/t23-;/m1./s1. The minimum absolute atomic E-state index is 0.